The molecule has 3 N–H and O–H groups in total. The molecule has 0 aliphatic rings. The Morgan fingerprint density at radius 1 is 1.22 bits per heavy atom. The van der Waals surface area contributed by atoms with Gasteiger partial charge in [0.15, 0.2) is 0 Å². The van der Waals surface area contributed by atoms with Gasteiger partial charge in [-0.15, -0.1) is 0 Å². The van der Waals surface area contributed by atoms with Crippen molar-refractivity contribution in [3.05, 3.63) is 64.1 Å². The number of nitrogens with one attached hydrogen (secondary N) is 1. The van der Waals surface area contributed by atoms with E-state index in [-0.39, 0.29) is 24.4 Å². The fourth-order valence-corrected chi connectivity index (χ4v) is 2.99. The second kappa shape index (κ2) is 8.13. The molecule has 5 heteroatoms. The third-order valence-electron chi connectivity index (χ3n) is 3.79. The number of amides is 1. The van der Waals surface area contributed by atoms with Gasteiger partial charge in [-0.1, -0.05) is 36.4 Å². The lowest BCUT2D eigenvalue weighted by Crippen LogP contribution is -2.35. The number of benzene rings is 2. The first-order chi connectivity index (χ1) is 11.1. The lowest BCUT2D eigenvalue weighted by molar-refractivity contribution is -0.123. The van der Waals surface area contributed by atoms with Gasteiger partial charge in [0.2, 0.25) is 5.91 Å². The van der Waals surface area contributed by atoms with Gasteiger partial charge in [-0.25, -0.2) is 0 Å². The van der Waals surface area contributed by atoms with Crippen LogP contribution < -0.4 is 15.8 Å². The lowest BCUT2D eigenvalue weighted by Gasteiger charge is -2.20. The van der Waals surface area contributed by atoms with Crippen LogP contribution >= 0.6 is 15.9 Å². The summed E-state index contributed by atoms with van der Waals surface area (Å²) in [5.41, 5.74) is 7.72. The number of methoxy groups -OCH3 is 1. The number of hydrogen-bond acceptors (Lipinski definition) is 3. The van der Waals surface area contributed by atoms with E-state index in [4.69, 9.17) is 10.5 Å². The standard InChI is InChI=1S/C18H21BrN2O2/c1-12(14-8-9-17(23-2)16(19)10-14)21-18(22)15(11-20)13-6-4-3-5-7-13/h3-10,12,15H,11,20H2,1-2H3,(H,21,22). The Labute approximate surface area is 145 Å². The highest BCUT2D eigenvalue weighted by Gasteiger charge is 2.21. The molecule has 0 radical (unpaired) electrons. The monoisotopic (exact) mass is 376 g/mol. The highest BCUT2D eigenvalue weighted by Crippen LogP contribution is 2.28. The number of rotatable bonds is 6. The van der Waals surface area contributed by atoms with Crippen LogP contribution in [0.1, 0.15) is 30.0 Å². The van der Waals surface area contributed by atoms with Crippen molar-refractivity contribution in [1.82, 2.24) is 5.32 Å². The number of halogens is 1. The lowest BCUT2D eigenvalue weighted by atomic mass is 9.97. The van der Waals surface area contributed by atoms with Crippen molar-refractivity contribution in [2.75, 3.05) is 13.7 Å². The van der Waals surface area contributed by atoms with Crippen molar-refractivity contribution in [3.63, 3.8) is 0 Å². The minimum Gasteiger partial charge on any atom is -0.496 e. The first-order valence-corrected chi connectivity index (χ1v) is 8.25. The average Bonchev–Trinajstić information content (AvgIpc) is 2.56. The van der Waals surface area contributed by atoms with E-state index in [1.807, 2.05) is 55.5 Å². The molecule has 1 amide bonds. The molecule has 0 aliphatic carbocycles. The van der Waals surface area contributed by atoms with Crippen molar-refractivity contribution in [2.24, 2.45) is 5.73 Å². The zero-order valence-corrected chi connectivity index (χ0v) is 14.8. The van der Waals surface area contributed by atoms with Crippen LogP contribution in [0.4, 0.5) is 0 Å². The van der Waals surface area contributed by atoms with Crippen LogP contribution in [0.3, 0.4) is 0 Å². The topological polar surface area (TPSA) is 64.3 Å². The molecule has 2 rings (SSSR count). The third-order valence-corrected chi connectivity index (χ3v) is 4.41. The SMILES string of the molecule is COc1ccc(C(C)NC(=O)C(CN)c2ccccc2)cc1Br. The van der Waals surface area contributed by atoms with Crippen LogP contribution in [0.2, 0.25) is 0 Å². The molecule has 2 aromatic rings. The Morgan fingerprint density at radius 2 is 1.91 bits per heavy atom. The summed E-state index contributed by atoms with van der Waals surface area (Å²) >= 11 is 3.46. The summed E-state index contributed by atoms with van der Waals surface area (Å²) in [6.45, 7) is 2.22. The predicted molar refractivity (Wildman–Crippen MR) is 95.5 cm³/mol. The van der Waals surface area contributed by atoms with E-state index >= 15 is 0 Å². The maximum atomic E-state index is 12.5. The molecule has 0 fully saturated rings. The quantitative estimate of drug-likeness (QED) is 0.811. The van der Waals surface area contributed by atoms with Crippen molar-refractivity contribution < 1.29 is 9.53 Å². The van der Waals surface area contributed by atoms with Crippen LogP contribution in [0.25, 0.3) is 0 Å². The molecule has 23 heavy (non-hydrogen) atoms. The molecule has 122 valence electrons. The Hall–Kier alpha value is -1.85. The van der Waals surface area contributed by atoms with E-state index in [2.05, 4.69) is 21.2 Å². The van der Waals surface area contributed by atoms with E-state index in [9.17, 15) is 4.79 Å². The number of nitrogens with two attached hydrogens (primary N) is 1. The summed E-state index contributed by atoms with van der Waals surface area (Å²) in [6, 6.07) is 15.2. The van der Waals surface area contributed by atoms with Gasteiger partial charge in [-0.3, -0.25) is 4.79 Å². The highest BCUT2D eigenvalue weighted by molar-refractivity contribution is 9.10. The molecule has 2 atom stereocenters. The number of hydrogen-bond donors (Lipinski definition) is 2. The fourth-order valence-electron chi connectivity index (χ4n) is 2.43. The molecule has 0 saturated heterocycles. The molecule has 0 heterocycles. The van der Waals surface area contributed by atoms with Gasteiger partial charge in [0.1, 0.15) is 5.75 Å². The normalized spacial score (nSPS) is 13.2. The van der Waals surface area contributed by atoms with Crippen molar-refractivity contribution in [3.8, 4) is 5.75 Å². The molecule has 4 nitrogen and oxygen atoms in total. The second-order valence-corrected chi connectivity index (χ2v) is 6.18. The Morgan fingerprint density at radius 3 is 2.48 bits per heavy atom. The molecule has 0 spiro atoms. The average molecular weight is 377 g/mol. The summed E-state index contributed by atoms with van der Waals surface area (Å²) in [4.78, 5) is 12.5. The Bertz CT molecular complexity index is 661. The van der Waals surface area contributed by atoms with Crippen LogP contribution in [0.15, 0.2) is 53.0 Å². The smallest absolute Gasteiger partial charge is 0.229 e. The van der Waals surface area contributed by atoms with E-state index in [1.165, 1.54) is 0 Å². The maximum absolute atomic E-state index is 12.5. The Balaban J connectivity index is 2.11. The van der Waals surface area contributed by atoms with E-state index in [0.29, 0.717) is 0 Å². The predicted octanol–water partition coefficient (Wildman–Crippen LogP) is 3.38. The van der Waals surface area contributed by atoms with Gasteiger partial charge in [0, 0.05) is 6.54 Å². The molecule has 0 aromatic heterocycles. The largest absolute Gasteiger partial charge is 0.496 e. The van der Waals surface area contributed by atoms with Crippen molar-refractivity contribution >= 4 is 21.8 Å². The number of carbonyl (C=O) groups is 1. The molecular weight excluding hydrogens is 356 g/mol. The van der Waals surface area contributed by atoms with Crippen LogP contribution in [0.5, 0.6) is 5.75 Å². The van der Waals surface area contributed by atoms with Crippen molar-refractivity contribution in [1.29, 1.82) is 0 Å². The molecule has 0 aliphatic heterocycles. The van der Waals surface area contributed by atoms with Crippen LogP contribution in [0, 0.1) is 0 Å². The number of carbonyl (C=O) groups excluding carboxylic acids is 1. The maximum Gasteiger partial charge on any atom is 0.229 e. The summed E-state index contributed by atoms with van der Waals surface area (Å²) in [5, 5.41) is 3.03. The van der Waals surface area contributed by atoms with E-state index in [1.54, 1.807) is 7.11 Å². The summed E-state index contributed by atoms with van der Waals surface area (Å²) in [7, 11) is 1.62. The van der Waals surface area contributed by atoms with Gasteiger partial charge in [-0.05, 0) is 46.1 Å². The van der Waals surface area contributed by atoms with Gasteiger partial charge < -0.3 is 15.8 Å². The summed E-state index contributed by atoms with van der Waals surface area (Å²) < 4.78 is 6.08. The zero-order valence-electron chi connectivity index (χ0n) is 13.3. The molecule has 2 aromatic carbocycles. The van der Waals surface area contributed by atoms with Crippen LogP contribution in [-0.4, -0.2) is 19.6 Å². The fraction of sp³-hybridized carbons (Fsp3) is 0.278. The van der Waals surface area contributed by atoms with Gasteiger partial charge in [0.05, 0.1) is 23.5 Å². The zero-order chi connectivity index (χ0) is 16.8. The van der Waals surface area contributed by atoms with Gasteiger partial charge in [-0.2, -0.15) is 0 Å². The molecule has 0 bridgehead atoms. The minimum atomic E-state index is -0.347. The third kappa shape index (κ3) is 4.33. The van der Waals surface area contributed by atoms with E-state index in [0.717, 1.165) is 21.3 Å². The first-order valence-electron chi connectivity index (χ1n) is 7.45. The molecule has 2 unspecified atom stereocenters. The molecule has 0 saturated carbocycles. The summed E-state index contributed by atoms with van der Waals surface area (Å²) in [6.07, 6.45) is 0. The molecular formula is C18H21BrN2O2. The number of ether oxygens (including phenoxy) is 1. The summed E-state index contributed by atoms with van der Waals surface area (Å²) in [5.74, 6) is 0.342. The highest BCUT2D eigenvalue weighted by atomic mass is 79.9. The van der Waals surface area contributed by atoms with Crippen molar-refractivity contribution in [2.45, 2.75) is 18.9 Å². The first kappa shape index (κ1) is 17.5. The van der Waals surface area contributed by atoms with Gasteiger partial charge in [0.25, 0.3) is 0 Å². The second-order valence-electron chi connectivity index (χ2n) is 5.32. The Kier molecular flexibility index (Phi) is 6.19. The van der Waals surface area contributed by atoms with Crippen LogP contribution in [-0.2, 0) is 4.79 Å². The minimum absolute atomic E-state index is 0.0712. The van der Waals surface area contributed by atoms with E-state index < -0.39 is 0 Å². The van der Waals surface area contributed by atoms with Gasteiger partial charge >= 0.3 is 0 Å².